The van der Waals surface area contributed by atoms with E-state index in [1.807, 2.05) is 23.2 Å². The smallest absolute Gasteiger partial charge is 0.270 e. The van der Waals surface area contributed by atoms with Crippen LogP contribution in [0.4, 0.5) is 4.39 Å². The number of hydrogen-bond donors (Lipinski definition) is 0. The molecule has 0 unspecified atom stereocenters. The van der Waals surface area contributed by atoms with E-state index >= 15 is 0 Å². The van der Waals surface area contributed by atoms with Crippen LogP contribution in [0.5, 0.6) is 5.75 Å². The van der Waals surface area contributed by atoms with Crippen molar-refractivity contribution in [3.05, 3.63) is 54.1 Å². The third-order valence-corrected chi connectivity index (χ3v) is 5.25. The second-order valence-corrected chi connectivity index (χ2v) is 7.30. The highest BCUT2D eigenvalue weighted by molar-refractivity contribution is 5.93. The maximum atomic E-state index is 12.9. The van der Waals surface area contributed by atoms with Crippen molar-refractivity contribution in [3.8, 4) is 5.75 Å². The number of halogens is 1. The standard InChI is InChI=1S/C21H24FN3O3/c22-16-4-8-18(9-5-16)28-15-20(26)23-10-2-11-24(14-13-23)21(27)19-3-1-12-25(19)17-6-7-17/h1,3-5,8-9,12,17H,2,6-7,10-11,13-15H2. The van der Waals surface area contributed by atoms with Crippen LogP contribution in [0.25, 0.3) is 0 Å². The summed E-state index contributed by atoms with van der Waals surface area (Å²) in [6, 6.07) is 9.86. The van der Waals surface area contributed by atoms with E-state index in [1.165, 1.54) is 24.3 Å². The van der Waals surface area contributed by atoms with Crippen molar-refractivity contribution in [2.75, 3.05) is 32.8 Å². The Labute approximate surface area is 163 Å². The lowest BCUT2D eigenvalue weighted by molar-refractivity contribution is -0.133. The Morgan fingerprint density at radius 2 is 1.71 bits per heavy atom. The number of benzene rings is 1. The van der Waals surface area contributed by atoms with E-state index in [2.05, 4.69) is 4.57 Å². The zero-order valence-electron chi connectivity index (χ0n) is 15.7. The van der Waals surface area contributed by atoms with Gasteiger partial charge in [-0.15, -0.1) is 0 Å². The molecule has 0 spiro atoms. The summed E-state index contributed by atoms with van der Waals surface area (Å²) in [6.07, 6.45) is 4.97. The number of hydrogen-bond acceptors (Lipinski definition) is 3. The Bertz CT molecular complexity index is 845. The molecule has 1 saturated heterocycles. The van der Waals surface area contributed by atoms with Crippen molar-refractivity contribution in [2.45, 2.75) is 25.3 Å². The molecular weight excluding hydrogens is 361 g/mol. The first-order chi connectivity index (χ1) is 13.6. The van der Waals surface area contributed by atoms with Crippen LogP contribution in [0.15, 0.2) is 42.6 Å². The number of carbonyl (C=O) groups excluding carboxylic acids is 2. The average Bonchev–Trinajstić information content (AvgIpc) is 3.48. The first-order valence-electron chi connectivity index (χ1n) is 9.74. The maximum Gasteiger partial charge on any atom is 0.270 e. The highest BCUT2D eigenvalue weighted by atomic mass is 19.1. The summed E-state index contributed by atoms with van der Waals surface area (Å²) >= 11 is 0. The molecule has 2 amide bonds. The van der Waals surface area contributed by atoms with E-state index in [1.54, 1.807) is 4.90 Å². The molecule has 2 heterocycles. The van der Waals surface area contributed by atoms with Gasteiger partial charge in [0.15, 0.2) is 6.61 Å². The highest BCUT2D eigenvalue weighted by Crippen LogP contribution is 2.36. The van der Waals surface area contributed by atoms with Gasteiger partial charge in [0.05, 0.1) is 0 Å². The zero-order chi connectivity index (χ0) is 19.5. The lowest BCUT2D eigenvalue weighted by Crippen LogP contribution is -2.39. The van der Waals surface area contributed by atoms with Crippen LogP contribution in [0.1, 0.15) is 35.8 Å². The molecule has 2 fully saturated rings. The average molecular weight is 385 g/mol. The van der Waals surface area contributed by atoms with Gasteiger partial charge in [-0.05, 0) is 55.7 Å². The van der Waals surface area contributed by atoms with Crippen LogP contribution in [-0.4, -0.2) is 59.0 Å². The number of aromatic nitrogens is 1. The summed E-state index contributed by atoms with van der Waals surface area (Å²) < 4.78 is 20.5. The second kappa shape index (κ2) is 8.04. The molecule has 0 N–H and O–H groups in total. The lowest BCUT2D eigenvalue weighted by Gasteiger charge is -2.23. The number of ether oxygens (including phenoxy) is 1. The van der Waals surface area contributed by atoms with Gasteiger partial charge in [-0.2, -0.15) is 0 Å². The monoisotopic (exact) mass is 385 g/mol. The van der Waals surface area contributed by atoms with Crippen LogP contribution in [0.3, 0.4) is 0 Å². The molecule has 0 bridgehead atoms. The number of rotatable bonds is 5. The van der Waals surface area contributed by atoms with Crippen LogP contribution in [0, 0.1) is 5.82 Å². The Morgan fingerprint density at radius 1 is 1.00 bits per heavy atom. The van der Waals surface area contributed by atoms with Gasteiger partial charge < -0.3 is 19.1 Å². The predicted molar refractivity (Wildman–Crippen MR) is 102 cm³/mol. The summed E-state index contributed by atoms with van der Waals surface area (Å²) in [5.41, 5.74) is 0.738. The summed E-state index contributed by atoms with van der Waals surface area (Å²) in [5.74, 6) is 0.0275. The molecule has 0 atom stereocenters. The SMILES string of the molecule is O=C(COc1ccc(F)cc1)N1CCCN(C(=O)c2cccn2C2CC2)CC1. The second-order valence-electron chi connectivity index (χ2n) is 7.30. The van der Waals surface area contributed by atoms with E-state index in [4.69, 9.17) is 4.74 Å². The molecule has 28 heavy (non-hydrogen) atoms. The van der Waals surface area contributed by atoms with E-state index in [0.717, 1.165) is 25.0 Å². The summed E-state index contributed by atoms with van der Waals surface area (Å²) in [5, 5.41) is 0. The molecule has 6 nitrogen and oxygen atoms in total. The van der Waals surface area contributed by atoms with Gasteiger partial charge in [0.2, 0.25) is 0 Å². The van der Waals surface area contributed by atoms with Gasteiger partial charge in [0, 0.05) is 38.4 Å². The lowest BCUT2D eigenvalue weighted by atomic mass is 10.3. The fourth-order valence-corrected chi connectivity index (χ4v) is 3.55. The quantitative estimate of drug-likeness (QED) is 0.795. The molecule has 1 aromatic heterocycles. The molecule has 7 heteroatoms. The number of nitrogens with zero attached hydrogens (tertiary/aromatic N) is 3. The largest absolute Gasteiger partial charge is 0.484 e. The molecule has 1 aromatic carbocycles. The van der Waals surface area contributed by atoms with Crippen LogP contribution < -0.4 is 4.74 Å². The van der Waals surface area contributed by atoms with Gasteiger partial charge in [-0.1, -0.05) is 0 Å². The Morgan fingerprint density at radius 3 is 2.46 bits per heavy atom. The third-order valence-electron chi connectivity index (χ3n) is 5.25. The molecule has 148 valence electrons. The topological polar surface area (TPSA) is 54.8 Å². The van der Waals surface area contributed by atoms with Gasteiger partial charge >= 0.3 is 0 Å². The molecule has 0 radical (unpaired) electrons. The van der Waals surface area contributed by atoms with Gasteiger partial charge in [-0.3, -0.25) is 9.59 Å². The first-order valence-corrected chi connectivity index (χ1v) is 9.74. The van der Waals surface area contributed by atoms with Crippen LogP contribution in [0.2, 0.25) is 0 Å². The Kier molecular flexibility index (Phi) is 5.32. The minimum atomic E-state index is -0.344. The Balaban J connectivity index is 1.31. The molecule has 1 saturated carbocycles. The fourth-order valence-electron chi connectivity index (χ4n) is 3.55. The van der Waals surface area contributed by atoms with Gasteiger partial charge in [-0.25, -0.2) is 4.39 Å². The normalized spacial score (nSPS) is 17.3. The first kappa shape index (κ1) is 18.5. The van der Waals surface area contributed by atoms with Crippen molar-refractivity contribution in [3.63, 3.8) is 0 Å². The van der Waals surface area contributed by atoms with Crippen molar-refractivity contribution < 1.29 is 18.7 Å². The minimum Gasteiger partial charge on any atom is -0.484 e. The predicted octanol–water partition coefficient (Wildman–Crippen LogP) is 2.72. The number of amides is 2. The molecule has 4 rings (SSSR count). The van der Waals surface area contributed by atoms with Crippen molar-refractivity contribution in [1.82, 2.24) is 14.4 Å². The van der Waals surface area contributed by atoms with Crippen molar-refractivity contribution in [2.24, 2.45) is 0 Å². The highest BCUT2D eigenvalue weighted by Gasteiger charge is 2.29. The van der Waals surface area contributed by atoms with Crippen molar-refractivity contribution in [1.29, 1.82) is 0 Å². The molecule has 2 aromatic rings. The summed E-state index contributed by atoms with van der Waals surface area (Å²) in [6.45, 7) is 2.14. The van der Waals surface area contributed by atoms with E-state index in [0.29, 0.717) is 38.0 Å². The van der Waals surface area contributed by atoms with E-state index in [9.17, 15) is 14.0 Å². The van der Waals surface area contributed by atoms with Gasteiger partial charge in [0.1, 0.15) is 17.3 Å². The zero-order valence-corrected chi connectivity index (χ0v) is 15.7. The molecule has 1 aliphatic carbocycles. The summed E-state index contributed by atoms with van der Waals surface area (Å²) in [4.78, 5) is 29.0. The molecule has 1 aliphatic heterocycles. The van der Waals surface area contributed by atoms with E-state index in [-0.39, 0.29) is 24.2 Å². The summed E-state index contributed by atoms with van der Waals surface area (Å²) in [7, 11) is 0. The molecular formula is C21H24FN3O3. The van der Waals surface area contributed by atoms with Crippen LogP contribution in [-0.2, 0) is 4.79 Å². The molecule has 2 aliphatic rings. The van der Waals surface area contributed by atoms with E-state index < -0.39 is 0 Å². The fraction of sp³-hybridized carbons (Fsp3) is 0.429. The number of carbonyl (C=O) groups is 2. The third kappa shape index (κ3) is 4.18. The van der Waals surface area contributed by atoms with Crippen molar-refractivity contribution >= 4 is 11.8 Å². The maximum absolute atomic E-state index is 12.9. The Hall–Kier alpha value is -2.83. The minimum absolute atomic E-state index is 0.0359. The van der Waals surface area contributed by atoms with Crippen LogP contribution >= 0.6 is 0 Å². The van der Waals surface area contributed by atoms with Gasteiger partial charge in [0.25, 0.3) is 11.8 Å².